The van der Waals surface area contributed by atoms with Gasteiger partial charge in [-0.3, -0.25) is 9.10 Å². The lowest BCUT2D eigenvalue weighted by atomic mass is 9.95. The minimum Gasteiger partial charge on any atom is -0.454 e. The molecule has 172 valence electrons. The van der Waals surface area contributed by atoms with Crippen LogP contribution in [0.5, 0.6) is 11.5 Å². The Morgan fingerprint density at radius 3 is 2.42 bits per heavy atom. The number of benzene rings is 3. The Bertz CT molecular complexity index is 1240. The first-order valence-corrected chi connectivity index (χ1v) is 12.3. The summed E-state index contributed by atoms with van der Waals surface area (Å²) in [7, 11) is -3.72. The predicted molar refractivity (Wildman–Crippen MR) is 127 cm³/mol. The van der Waals surface area contributed by atoms with E-state index < -0.39 is 22.0 Å². The fourth-order valence-corrected chi connectivity index (χ4v) is 4.84. The molecule has 0 bridgehead atoms. The topological polar surface area (TPSA) is 84.9 Å². The number of ether oxygens (including phenoxy) is 2. The standard InChI is InChI=1S/C25H26N2O5S/c1-3-33(29,30)27(20-13-14-22-23(15-20)32-17-31-22)16-24(28)26-25(19-10-5-4-6-11-19)21-12-8-7-9-18(21)2/h4-15,25H,3,16-17H2,1-2H3,(H,26,28)/t25-/m1/s1. The van der Waals surface area contributed by atoms with E-state index in [1.54, 1.807) is 25.1 Å². The maximum Gasteiger partial charge on any atom is 0.241 e. The van der Waals surface area contributed by atoms with Crippen molar-refractivity contribution in [3.8, 4) is 11.5 Å². The molecular formula is C25H26N2O5S. The van der Waals surface area contributed by atoms with Gasteiger partial charge in [-0.2, -0.15) is 0 Å². The second-order valence-corrected chi connectivity index (χ2v) is 9.89. The molecule has 1 aliphatic rings. The summed E-state index contributed by atoms with van der Waals surface area (Å²) in [6, 6.07) is 21.9. The van der Waals surface area contributed by atoms with Gasteiger partial charge in [-0.1, -0.05) is 54.6 Å². The van der Waals surface area contributed by atoms with Crippen LogP contribution in [0.2, 0.25) is 0 Å². The summed E-state index contributed by atoms with van der Waals surface area (Å²) in [5, 5.41) is 3.04. The number of nitrogens with zero attached hydrogens (tertiary/aromatic N) is 1. The average Bonchev–Trinajstić information content (AvgIpc) is 3.30. The zero-order valence-corrected chi connectivity index (χ0v) is 19.3. The summed E-state index contributed by atoms with van der Waals surface area (Å²) >= 11 is 0. The minimum atomic E-state index is -3.72. The number of aryl methyl sites for hydroxylation is 1. The van der Waals surface area contributed by atoms with Gasteiger partial charge in [0.1, 0.15) is 6.54 Å². The highest BCUT2D eigenvalue weighted by Gasteiger charge is 2.27. The quantitative estimate of drug-likeness (QED) is 0.546. The number of fused-ring (bicyclic) bond motifs is 1. The molecule has 1 heterocycles. The Morgan fingerprint density at radius 2 is 1.70 bits per heavy atom. The molecule has 1 N–H and O–H groups in total. The maximum absolute atomic E-state index is 13.2. The largest absolute Gasteiger partial charge is 0.454 e. The van der Waals surface area contributed by atoms with Gasteiger partial charge >= 0.3 is 0 Å². The third-order valence-corrected chi connectivity index (χ3v) is 7.31. The first-order chi connectivity index (χ1) is 15.9. The lowest BCUT2D eigenvalue weighted by Gasteiger charge is -2.26. The first-order valence-electron chi connectivity index (χ1n) is 10.7. The van der Waals surface area contributed by atoms with Gasteiger partial charge in [0.05, 0.1) is 17.5 Å². The van der Waals surface area contributed by atoms with E-state index in [-0.39, 0.29) is 19.1 Å². The van der Waals surface area contributed by atoms with Crippen molar-refractivity contribution in [1.29, 1.82) is 0 Å². The Balaban J connectivity index is 1.64. The van der Waals surface area contributed by atoms with Crippen molar-refractivity contribution in [3.63, 3.8) is 0 Å². The Hall–Kier alpha value is -3.52. The fraction of sp³-hybridized carbons (Fsp3) is 0.240. The van der Waals surface area contributed by atoms with Gasteiger partial charge in [-0.05, 0) is 42.7 Å². The van der Waals surface area contributed by atoms with E-state index in [1.807, 2.05) is 61.5 Å². The predicted octanol–water partition coefficient (Wildman–Crippen LogP) is 3.79. The molecule has 3 aromatic carbocycles. The van der Waals surface area contributed by atoms with Crippen molar-refractivity contribution in [1.82, 2.24) is 5.32 Å². The Labute approximate surface area is 194 Å². The minimum absolute atomic E-state index is 0.0784. The molecule has 0 unspecified atom stereocenters. The monoisotopic (exact) mass is 466 g/mol. The van der Waals surface area contributed by atoms with Crippen molar-refractivity contribution in [2.75, 3.05) is 23.4 Å². The highest BCUT2D eigenvalue weighted by atomic mass is 32.2. The number of carbonyl (C=O) groups excluding carboxylic acids is 1. The molecule has 0 spiro atoms. The first kappa shape index (κ1) is 22.7. The van der Waals surface area contributed by atoms with E-state index in [9.17, 15) is 13.2 Å². The number of amides is 1. The lowest BCUT2D eigenvalue weighted by molar-refractivity contribution is -0.120. The summed E-state index contributed by atoms with van der Waals surface area (Å²) in [6.07, 6.45) is 0. The number of rotatable bonds is 8. The van der Waals surface area contributed by atoms with Crippen LogP contribution >= 0.6 is 0 Å². The van der Waals surface area contributed by atoms with E-state index in [0.29, 0.717) is 17.2 Å². The highest BCUT2D eigenvalue weighted by molar-refractivity contribution is 7.92. The molecular weight excluding hydrogens is 440 g/mol. The van der Waals surface area contributed by atoms with Crippen LogP contribution in [-0.4, -0.2) is 33.4 Å². The molecule has 1 aliphatic heterocycles. The molecule has 0 radical (unpaired) electrons. The smallest absolute Gasteiger partial charge is 0.241 e. The van der Waals surface area contributed by atoms with E-state index in [0.717, 1.165) is 21.0 Å². The number of hydrogen-bond acceptors (Lipinski definition) is 5. The lowest BCUT2D eigenvalue weighted by Crippen LogP contribution is -2.43. The maximum atomic E-state index is 13.2. The van der Waals surface area contributed by atoms with Crippen LogP contribution in [0.1, 0.15) is 29.7 Å². The van der Waals surface area contributed by atoms with Crippen LogP contribution in [0.3, 0.4) is 0 Å². The zero-order chi connectivity index (χ0) is 23.4. The molecule has 0 aromatic heterocycles. The normalized spacial score (nSPS) is 13.4. The number of hydrogen-bond donors (Lipinski definition) is 1. The molecule has 7 nitrogen and oxygen atoms in total. The van der Waals surface area contributed by atoms with Crippen LogP contribution in [0, 0.1) is 6.92 Å². The van der Waals surface area contributed by atoms with Crippen molar-refractivity contribution in [3.05, 3.63) is 89.5 Å². The molecule has 4 rings (SSSR count). The van der Waals surface area contributed by atoms with Crippen molar-refractivity contribution in [2.45, 2.75) is 19.9 Å². The number of carbonyl (C=O) groups is 1. The van der Waals surface area contributed by atoms with E-state index >= 15 is 0 Å². The number of sulfonamides is 1. The summed E-state index contributed by atoms with van der Waals surface area (Å²) in [6.45, 7) is 3.26. The SMILES string of the molecule is CCS(=O)(=O)N(CC(=O)N[C@H](c1ccccc1)c1ccccc1C)c1ccc2c(c1)OCO2. The number of nitrogens with one attached hydrogen (secondary N) is 1. The van der Waals surface area contributed by atoms with Crippen molar-refractivity contribution >= 4 is 21.6 Å². The second-order valence-electron chi connectivity index (χ2n) is 7.71. The van der Waals surface area contributed by atoms with Crippen LogP contribution in [0.15, 0.2) is 72.8 Å². The fourth-order valence-electron chi connectivity index (χ4n) is 3.78. The van der Waals surface area contributed by atoms with Gasteiger partial charge in [0, 0.05) is 6.07 Å². The summed E-state index contributed by atoms with van der Waals surface area (Å²) < 4.78 is 37.6. The summed E-state index contributed by atoms with van der Waals surface area (Å²) in [4.78, 5) is 13.2. The number of anilines is 1. The van der Waals surface area contributed by atoms with Gasteiger partial charge in [-0.25, -0.2) is 8.42 Å². The third kappa shape index (κ3) is 4.96. The molecule has 33 heavy (non-hydrogen) atoms. The molecule has 0 fully saturated rings. The molecule has 8 heteroatoms. The van der Waals surface area contributed by atoms with Gasteiger partial charge in [0.2, 0.25) is 22.7 Å². The molecule has 0 saturated carbocycles. The zero-order valence-electron chi connectivity index (χ0n) is 18.5. The van der Waals surface area contributed by atoms with Crippen LogP contribution < -0.4 is 19.1 Å². The van der Waals surface area contributed by atoms with Crippen LogP contribution in [0.4, 0.5) is 5.69 Å². The molecule has 3 aromatic rings. The Morgan fingerprint density at radius 1 is 1.00 bits per heavy atom. The molecule has 0 aliphatic carbocycles. The van der Waals surface area contributed by atoms with E-state index in [2.05, 4.69) is 5.32 Å². The average molecular weight is 467 g/mol. The van der Waals surface area contributed by atoms with E-state index in [4.69, 9.17) is 9.47 Å². The molecule has 0 saturated heterocycles. The van der Waals surface area contributed by atoms with Crippen LogP contribution in [-0.2, 0) is 14.8 Å². The molecule has 1 atom stereocenters. The van der Waals surface area contributed by atoms with E-state index in [1.165, 1.54) is 0 Å². The van der Waals surface area contributed by atoms with Crippen molar-refractivity contribution in [2.24, 2.45) is 0 Å². The third-order valence-electron chi connectivity index (χ3n) is 5.57. The Kier molecular flexibility index (Phi) is 6.55. The van der Waals surface area contributed by atoms with Gasteiger partial charge in [0.25, 0.3) is 0 Å². The van der Waals surface area contributed by atoms with Gasteiger partial charge in [-0.15, -0.1) is 0 Å². The van der Waals surface area contributed by atoms with Crippen LogP contribution in [0.25, 0.3) is 0 Å². The van der Waals surface area contributed by atoms with Gasteiger partial charge < -0.3 is 14.8 Å². The van der Waals surface area contributed by atoms with Crippen molar-refractivity contribution < 1.29 is 22.7 Å². The summed E-state index contributed by atoms with van der Waals surface area (Å²) in [5.74, 6) is 0.433. The van der Waals surface area contributed by atoms with Gasteiger partial charge in [0.15, 0.2) is 11.5 Å². The second kappa shape index (κ2) is 9.54. The highest BCUT2D eigenvalue weighted by Crippen LogP contribution is 2.36. The molecule has 1 amide bonds. The summed E-state index contributed by atoms with van der Waals surface area (Å²) in [5.41, 5.74) is 3.24.